The van der Waals surface area contributed by atoms with Crippen LogP contribution in [0.2, 0.25) is 0 Å². The van der Waals surface area contributed by atoms with Gasteiger partial charge < -0.3 is 5.32 Å². The van der Waals surface area contributed by atoms with Gasteiger partial charge >= 0.3 is 0 Å². The third kappa shape index (κ3) is 3.33. The second-order valence-corrected chi connectivity index (χ2v) is 7.34. The lowest BCUT2D eigenvalue weighted by Gasteiger charge is -2.36. The lowest BCUT2D eigenvalue weighted by Crippen LogP contribution is -2.44. The Balaban J connectivity index is 2.17. The van der Waals surface area contributed by atoms with Crippen molar-refractivity contribution in [2.24, 2.45) is 0 Å². The average Bonchev–Trinajstić information content (AvgIpc) is 2.43. The number of benzene rings is 1. The first-order valence-corrected chi connectivity index (χ1v) is 8.98. The minimum atomic E-state index is -3.26. The van der Waals surface area contributed by atoms with Gasteiger partial charge in [-0.25, -0.2) is 8.42 Å². The van der Waals surface area contributed by atoms with Gasteiger partial charge in [-0.2, -0.15) is 0 Å². The van der Waals surface area contributed by atoms with E-state index in [9.17, 15) is 8.42 Å². The summed E-state index contributed by atoms with van der Waals surface area (Å²) < 4.78 is 26.8. The normalized spacial score (nSPS) is 18.9. The molecule has 0 radical (unpaired) electrons. The quantitative estimate of drug-likeness (QED) is 0.818. The van der Waals surface area contributed by atoms with Gasteiger partial charge in [0.1, 0.15) is 0 Å². The van der Waals surface area contributed by atoms with Crippen LogP contribution in [0.1, 0.15) is 32.3 Å². The first-order valence-electron chi connectivity index (χ1n) is 7.37. The molecule has 1 aromatic carbocycles. The van der Waals surface area contributed by atoms with E-state index >= 15 is 0 Å². The predicted octanol–water partition coefficient (Wildman–Crippen LogP) is 2.16. The number of nitrogens with zero attached hydrogens (tertiary/aromatic N) is 1. The summed E-state index contributed by atoms with van der Waals surface area (Å²) in [5.41, 5.74) is 2.00. The second kappa shape index (κ2) is 6.59. The lowest BCUT2D eigenvalue weighted by molar-refractivity contribution is 0.559. The van der Waals surface area contributed by atoms with Gasteiger partial charge in [0, 0.05) is 12.6 Å². The number of nitrogens with one attached hydrogen (secondary N) is 1. The average molecular weight is 296 g/mol. The molecule has 1 heterocycles. The summed E-state index contributed by atoms with van der Waals surface area (Å²) in [4.78, 5) is 0. The van der Waals surface area contributed by atoms with Crippen LogP contribution in [0.3, 0.4) is 0 Å². The summed E-state index contributed by atoms with van der Waals surface area (Å²) in [6, 6.07) is 7.87. The van der Waals surface area contributed by atoms with Crippen molar-refractivity contribution < 1.29 is 8.42 Å². The molecule has 1 unspecified atom stereocenters. The maximum Gasteiger partial charge on any atom is 0.236 e. The van der Waals surface area contributed by atoms with Crippen LogP contribution >= 0.6 is 0 Å². The van der Waals surface area contributed by atoms with Crippen molar-refractivity contribution in [3.05, 3.63) is 29.8 Å². The smallest absolute Gasteiger partial charge is 0.236 e. The zero-order chi connectivity index (χ0) is 14.6. The molecule has 0 saturated carbocycles. The zero-order valence-electron chi connectivity index (χ0n) is 12.3. The Kier molecular flexibility index (Phi) is 5.05. The predicted molar refractivity (Wildman–Crippen MR) is 83.7 cm³/mol. The van der Waals surface area contributed by atoms with E-state index in [-0.39, 0.29) is 11.8 Å². The van der Waals surface area contributed by atoms with Gasteiger partial charge in [-0.1, -0.05) is 25.1 Å². The molecule has 5 heteroatoms. The van der Waals surface area contributed by atoms with Crippen LogP contribution in [0.25, 0.3) is 0 Å². The summed E-state index contributed by atoms with van der Waals surface area (Å²) >= 11 is 0. The van der Waals surface area contributed by atoms with Crippen molar-refractivity contribution >= 4 is 15.7 Å². The Bertz CT molecular complexity index is 543. The molecule has 0 aromatic heterocycles. The summed E-state index contributed by atoms with van der Waals surface area (Å²) in [6.07, 6.45) is 2.86. The van der Waals surface area contributed by atoms with Gasteiger partial charge in [0.2, 0.25) is 10.0 Å². The maximum atomic E-state index is 12.6. The van der Waals surface area contributed by atoms with Crippen LogP contribution in [0.15, 0.2) is 24.3 Å². The molecule has 1 aliphatic rings. The standard InChI is InChI=1S/C15H24N2O2S/c1-3-10-16-11-12-20(18,19)17-13(2)8-9-14-6-4-5-7-15(14)17/h4-7,13,16H,3,8-12H2,1-2H3. The Labute approximate surface area is 122 Å². The van der Waals surface area contributed by atoms with Crippen LogP contribution in [-0.2, 0) is 16.4 Å². The highest BCUT2D eigenvalue weighted by atomic mass is 32.2. The summed E-state index contributed by atoms with van der Waals surface area (Å²) in [7, 11) is -3.26. The second-order valence-electron chi connectivity index (χ2n) is 5.38. The molecule has 0 saturated heterocycles. The Hall–Kier alpha value is -1.07. The molecule has 4 nitrogen and oxygen atoms in total. The van der Waals surface area contributed by atoms with Gasteiger partial charge in [0.15, 0.2) is 0 Å². The van der Waals surface area contributed by atoms with Crippen molar-refractivity contribution in [1.82, 2.24) is 5.32 Å². The molecule has 0 aliphatic carbocycles. The molecule has 0 spiro atoms. The molecule has 1 aromatic rings. The first-order chi connectivity index (χ1) is 9.56. The number of hydrogen-bond acceptors (Lipinski definition) is 3. The zero-order valence-corrected chi connectivity index (χ0v) is 13.1. The van der Waals surface area contributed by atoms with Crippen LogP contribution < -0.4 is 9.62 Å². The number of rotatable bonds is 6. The van der Waals surface area contributed by atoms with Gasteiger partial charge in [0.25, 0.3) is 0 Å². The van der Waals surface area contributed by atoms with Gasteiger partial charge in [-0.3, -0.25) is 4.31 Å². The fraction of sp³-hybridized carbons (Fsp3) is 0.600. The van der Waals surface area contributed by atoms with E-state index in [1.807, 2.05) is 31.2 Å². The molecule has 0 amide bonds. The van der Waals surface area contributed by atoms with Gasteiger partial charge in [-0.05, 0) is 44.4 Å². The largest absolute Gasteiger partial charge is 0.316 e. The highest BCUT2D eigenvalue weighted by molar-refractivity contribution is 7.92. The number of anilines is 1. The van der Waals surface area contributed by atoms with E-state index in [1.54, 1.807) is 4.31 Å². The summed E-state index contributed by atoms with van der Waals surface area (Å²) in [6.45, 7) is 5.45. The molecule has 0 bridgehead atoms. The summed E-state index contributed by atoms with van der Waals surface area (Å²) in [5.74, 6) is 0.158. The fourth-order valence-corrected chi connectivity index (χ4v) is 4.41. The number of sulfonamides is 1. The molecule has 0 fully saturated rings. The SMILES string of the molecule is CCCNCCS(=O)(=O)N1c2ccccc2CCC1C. The molecule has 112 valence electrons. The Morgan fingerprint density at radius 1 is 1.30 bits per heavy atom. The lowest BCUT2D eigenvalue weighted by atomic mass is 9.99. The van der Waals surface area contributed by atoms with E-state index in [2.05, 4.69) is 12.2 Å². The third-order valence-electron chi connectivity index (χ3n) is 3.72. The van der Waals surface area contributed by atoms with Crippen LogP contribution in [-0.4, -0.2) is 33.3 Å². The number of aryl methyl sites for hydroxylation is 1. The fourth-order valence-electron chi connectivity index (χ4n) is 2.68. The van der Waals surface area contributed by atoms with Gasteiger partial charge in [-0.15, -0.1) is 0 Å². The van der Waals surface area contributed by atoms with Crippen molar-refractivity contribution in [2.45, 2.75) is 39.2 Å². The van der Waals surface area contributed by atoms with Gasteiger partial charge in [0.05, 0.1) is 11.4 Å². The molecular formula is C15H24N2O2S. The Morgan fingerprint density at radius 3 is 2.80 bits per heavy atom. The van der Waals surface area contributed by atoms with E-state index < -0.39 is 10.0 Å². The van der Waals surface area contributed by atoms with Crippen molar-refractivity contribution in [1.29, 1.82) is 0 Å². The van der Waals surface area contributed by atoms with Crippen molar-refractivity contribution in [2.75, 3.05) is 23.1 Å². The molecule has 1 aliphatic heterocycles. The first kappa shape index (κ1) is 15.3. The highest BCUT2D eigenvalue weighted by Crippen LogP contribution is 2.32. The minimum absolute atomic E-state index is 0.0427. The Morgan fingerprint density at radius 2 is 2.05 bits per heavy atom. The molecule has 1 atom stereocenters. The highest BCUT2D eigenvalue weighted by Gasteiger charge is 2.31. The van der Waals surface area contributed by atoms with Crippen LogP contribution in [0.5, 0.6) is 0 Å². The number of fused-ring (bicyclic) bond motifs is 1. The number of para-hydroxylation sites is 1. The van der Waals surface area contributed by atoms with Crippen molar-refractivity contribution in [3.63, 3.8) is 0 Å². The topological polar surface area (TPSA) is 49.4 Å². The van der Waals surface area contributed by atoms with E-state index in [0.717, 1.165) is 37.1 Å². The van der Waals surface area contributed by atoms with E-state index in [1.165, 1.54) is 0 Å². The maximum absolute atomic E-state index is 12.6. The third-order valence-corrected chi connectivity index (χ3v) is 5.60. The van der Waals surface area contributed by atoms with Crippen LogP contribution in [0, 0.1) is 0 Å². The molecule has 20 heavy (non-hydrogen) atoms. The molecule has 1 N–H and O–H groups in total. The molecular weight excluding hydrogens is 272 g/mol. The van der Waals surface area contributed by atoms with E-state index in [0.29, 0.717) is 6.54 Å². The van der Waals surface area contributed by atoms with E-state index in [4.69, 9.17) is 0 Å². The monoisotopic (exact) mass is 296 g/mol. The minimum Gasteiger partial charge on any atom is -0.316 e. The summed E-state index contributed by atoms with van der Waals surface area (Å²) in [5, 5.41) is 3.16. The number of hydrogen-bond donors (Lipinski definition) is 1. The van der Waals surface area contributed by atoms with Crippen molar-refractivity contribution in [3.8, 4) is 0 Å². The van der Waals surface area contributed by atoms with Crippen LogP contribution in [0.4, 0.5) is 5.69 Å². The molecule has 2 rings (SSSR count).